The molecule has 2 heterocycles. The summed E-state index contributed by atoms with van der Waals surface area (Å²) in [6, 6.07) is 11.8. The van der Waals surface area contributed by atoms with Gasteiger partial charge in [-0.15, -0.1) is 0 Å². The van der Waals surface area contributed by atoms with Gasteiger partial charge in [-0.05, 0) is 52.3 Å². The predicted molar refractivity (Wildman–Crippen MR) is 79.1 cm³/mol. The Bertz CT molecular complexity index is 388. The Hall–Kier alpha value is -1.08. The van der Waals surface area contributed by atoms with Gasteiger partial charge in [-0.2, -0.15) is 0 Å². The fraction of sp³-hybridized carbons (Fsp3) is 0.231. The average Bonchev–Trinajstić information content (AvgIpc) is 2.49. The van der Waals surface area contributed by atoms with E-state index in [0.29, 0.717) is 6.61 Å². The first-order valence-electron chi connectivity index (χ1n) is 5.79. The fourth-order valence-electron chi connectivity index (χ4n) is 0.969. The number of rotatable bonds is 5. The molecule has 0 radical (unpaired) electrons. The van der Waals surface area contributed by atoms with Crippen LogP contribution >= 0.6 is 21.6 Å². The van der Waals surface area contributed by atoms with Crippen molar-refractivity contribution in [1.82, 2.24) is 9.97 Å². The molecule has 102 valence electrons. The Morgan fingerprint density at radius 3 is 1.79 bits per heavy atom. The normalized spacial score (nSPS) is 9.58. The first-order valence-corrected chi connectivity index (χ1v) is 7.94. The van der Waals surface area contributed by atoms with Crippen LogP contribution < -0.4 is 0 Å². The van der Waals surface area contributed by atoms with Gasteiger partial charge in [-0.3, -0.25) is 5.26 Å². The van der Waals surface area contributed by atoms with E-state index in [0.717, 1.165) is 16.5 Å². The Labute approximate surface area is 121 Å². The molecule has 0 aliphatic heterocycles. The quantitative estimate of drug-likeness (QED) is 0.508. The maximum atomic E-state index is 7.57. The Kier molecular flexibility index (Phi) is 9.09. The van der Waals surface area contributed by atoms with E-state index in [2.05, 4.69) is 14.9 Å². The zero-order valence-corrected chi connectivity index (χ0v) is 12.2. The molecule has 0 bridgehead atoms. The van der Waals surface area contributed by atoms with Gasteiger partial charge >= 0.3 is 0 Å². The molecule has 0 unspecified atom stereocenters. The average molecular weight is 296 g/mol. The fourth-order valence-corrected chi connectivity index (χ4v) is 2.72. The van der Waals surface area contributed by atoms with Gasteiger partial charge in [0.15, 0.2) is 0 Å². The van der Waals surface area contributed by atoms with Gasteiger partial charge in [-0.25, -0.2) is 14.9 Å². The molecule has 2 aromatic rings. The van der Waals surface area contributed by atoms with E-state index in [9.17, 15) is 0 Å². The Morgan fingerprint density at radius 2 is 1.53 bits per heavy atom. The molecule has 0 aliphatic rings. The molecular weight excluding hydrogens is 280 g/mol. The number of pyridine rings is 2. The van der Waals surface area contributed by atoms with Gasteiger partial charge in [0.05, 0.1) is 6.61 Å². The van der Waals surface area contributed by atoms with Crippen molar-refractivity contribution in [3.63, 3.8) is 0 Å². The van der Waals surface area contributed by atoms with Gasteiger partial charge in [0, 0.05) is 12.4 Å². The molecule has 0 amide bonds. The van der Waals surface area contributed by atoms with Gasteiger partial charge in [0.25, 0.3) is 0 Å². The molecule has 4 nitrogen and oxygen atoms in total. The van der Waals surface area contributed by atoms with Crippen LogP contribution in [0.25, 0.3) is 0 Å². The summed E-state index contributed by atoms with van der Waals surface area (Å²) in [5.74, 6) is 0. The molecule has 1 N–H and O–H groups in total. The van der Waals surface area contributed by atoms with Crippen LogP contribution in [-0.4, -0.2) is 21.8 Å². The SMILES string of the molecule is CCCOO.c1ccc(SSc2ccccn2)nc1. The number of nitrogens with zero attached hydrogens (tertiary/aromatic N) is 2. The summed E-state index contributed by atoms with van der Waals surface area (Å²) in [7, 11) is 3.23. The van der Waals surface area contributed by atoms with Crippen LogP contribution in [0.5, 0.6) is 0 Å². The van der Waals surface area contributed by atoms with E-state index in [1.807, 2.05) is 43.3 Å². The van der Waals surface area contributed by atoms with Crippen LogP contribution in [0.1, 0.15) is 13.3 Å². The van der Waals surface area contributed by atoms with Crippen LogP contribution in [0.2, 0.25) is 0 Å². The van der Waals surface area contributed by atoms with Crippen molar-refractivity contribution < 1.29 is 10.1 Å². The molecule has 19 heavy (non-hydrogen) atoms. The monoisotopic (exact) mass is 296 g/mol. The first-order chi connectivity index (χ1) is 9.36. The van der Waals surface area contributed by atoms with E-state index in [-0.39, 0.29) is 0 Å². The smallest absolute Gasteiger partial charge is 0.107 e. The third-order valence-electron chi connectivity index (χ3n) is 1.78. The van der Waals surface area contributed by atoms with Crippen molar-refractivity contribution in [2.75, 3.05) is 6.61 Å². The summed E-state index contributed by atoms with van der Waals surface area (Å²) in [5.41, 5.74) is 0. The van der Waals surface area contributed by atoms with Crippen LogP contribution in [-0.2, 0) is 4.89 Å². The number of hydrogen-bond donors (Lipinski definition) is 1. The third-order valence-corrected chi connectivity index (χ3v) is 3.97. The molecule has 0 atom stereocenters. The second-order valence-corrected chi connectivity index (χ2v) is 5.51. The van der Waals surface area contributed by atoms with E-state index in [4.69, 9.17) is 5.26 Å². The summed E-state index contributed by atoms with van der Waals surface area (Å²) in [6.07, 6.45) is 4.46. The van der Waals surface area contributed by atoms with Gasteiger partial charge < -0.3 is 0 Å². The molecule has 0 spiro atoms. The molecule has 6 heteroatoms. The van der Waals surface area contributed by atoms with E-state index in [1.165, 1.54) is 0 Å². The maximum absolute atomic E-state index is 7.57. The molecule has 0 aromatic carbocycles. The minimum atomic E-state index is 0.444. The number of hydrogen-bond acceptors (Lipinski definition) is 6. The summed E-state index contributed by atoms with van der Waals surface area (Å²) < 4.78 is 0. The minimum absolute atomic E-state index is 0.444. The van der Waals surface area contributed by atoms with Crippen LogP contribution in [0.4, 0.5) is 0 Å². The molecule has 2 rings (SSSR count). The zero-order chi connectivity index (χ0) is 13.8. The maximum Gasteiger partial charge on any atom is 0.107 e. The molecule has 2 aromatic heterocycles. The minimum Gasteiger partial charge on any atom is -0.252 e. The molecular formula is C13H16N2O2S2. The lowest BCUT2D eigenvalue weighted by molar-refractivity contribution is -0.241. The van der Waals surface area contributed by atoms with E-state index in [1.54, 1.807) is 34.0 Å². The lowest BCUT2D eigenvalue weighted by Crippen LogP contribution is -1.81. The molecule has 0 saturated carbocycles. The van der Waals surface area contributed by atoms with Crippen LogP contribution in [0.15, 0.2) is 58.8 Å². The summed E-state index contributed by atoms with van der Waals surface area (Å²) in [5, 5.41) is 9.57. The lowest BCUT2D eigenvalue weighted by atomic mass is 10.5. The standard InChI is InChI=1S/C10H8N2S2.C3H8O2/c1-3-7-11-9(5-1)13-14-10-6-2-4-8-12-10;1-2-3-5-4/h1-8H;4H,2-3H2,1H3. The largest absolute Gasteiger partial charge is 0.252 e. The van der Waals surface area contributed by atoms with E-state index >= 15 is 0 Å². The van der Waals surface area contributed by atoms with Crippen LogP contribution in [0, 0.1) is 0 Å². The second-order valence-electron chi connectivity index (χ2n) is 3.34. The molecule has 0 aliphatic carbocycles. The van der Waals surface area contributed by atoms with Gasteiger partial charge in [0.1, 0.15) is 10.1 Å². The highest BCUT2D eigenvalue weighted by molar-refractivity contribution is 8.76. The van der Waals surface area contributed by atoms with Crippen molar-refractivity contribution in [3.8, 4) is 0 Å². The first kappa shape index (κ1) is 16.0. The van der Waals surface area contributed by atoms with Crippen molar-refractivity contribution in [3.05, 3.63) is 48.8 Å². The number of aromatic nitrogens is 2. The topological polar surface area (TPSA) is 55.2 Å². The molecule has 0 saturated heterocycles. The zero-order valence-electron chi connectivity index (χ0n) is 10.6. The van der Waals surface area contributed by atoms with Gasteiger partial charge in [-0.1, -0.05) is 19.1 Å². The Morgan fingerprint density at radius 1 is 1.00 bits per heavy atom. The highest BCUT2D eigenvalue weighted by Crippen LogP contribution is 2.34. The lowest BCUT2D eigenvalue weighted by Gasteiger charge is -1.97. The molecule has 0 fully saturated rings. The third kappa shape index (κ3) is 7.84. The van der Waals surface area contributed by atoms with E-state index < -0.39 is 0 Å². The predicted octanol–water partition coefficient (Wildman–Crippen LogP) is 4.16. The van der Waals surface area contributed by atoms with Gasteiger partial charge in [0.2, 0.25) is 0 Å². The van der Waals surface area contributed by atoms with Crippen molar-refractivity contribution >= 4 is 21.6 Å². The second kappa shape index (κ2) is 10.8. The van der Waals surface area contributed by atoms with Crippen LogP contribution in [0.3, 0.4) is 0 Å². The highest BCUT2D eigenvalue weighted by Gasteiger charge is 1.97. The summed E-state index contributed by atoms with van der Waals surface area (Å²) in [6.45, 7) is 2.37. The Balaban J connectivity index is 0.000000312. The highest BCUT2D eigenvalue weighted by atomic mass is 33.1. The summed E-state index contributed by atoms with van der Waals surface area (Å²) >= 11 is 0. The van der Waals surface area contributed by atoms with Crippen molar-refractivity contribution in [2.45, 2.75) is 23.4 Å². The van der Waals surface area contributed by atoms with Crippen molar-refractivity contribution in [2.24, 2.45) is 0 Å². The van der Waals surface area contributed by atoms with Crippen molar-refractivity contribution in [1.29, 1.82) is 0 Å². The summed E-state index contributed by atoms with van der Waals surface area (Å²) in [4.78, 5) is 12.1.